The zero-order chi connectivity index (χ0) is 16.3. The van der Waals surface area contributed by atoms with Gasteiger partial charge in [0.25, 0.3) is 11.8 Å². The van der Waals surface area contributed by atoms with Crippen LogP contribution in [-0.2, 0) is 9.53 Å². The first kappa shape index (κ1) is 16.1. The highest BCUT2D eigenvalue weighted by Gasteiger charge is 2.36. The van der Waals surface area contributed by atoms with Crippen LogP contribution in [0.2, 0.25) is 0 Å². The Morgan fingerprint density at radius 3 is 2.27 bits per heavy atom. The van der Waals surface area contributed by atoms with Crippen LogP contribution in [0.4, 0.5) is 0 Å². The number of nitrogens with one attached hydrogen (secondary N) is 1. The van der Waals surface area contributed by atoms with Crippen LogP contribution in [-0.4, -0.2) is 60.1 Å². The van der Waals surface area contributed by atoms with E-state index in [9.17, 15) is 19.5 Å². The Kier molecular flexibility index (Phi) is 4.58. The van der Waals surface area contributed by atoms with Crippen molar-refractivity contribution < 1.29 is 24.2 Å². The molecule has 1 unspecified atom stereocenters. The van der Waals surface area contributed by atoms with Gasteiger partial charge in [0.1, 0.15) is 5.54 Å². The molecule has 7 nitrogen and oxygen atoms in total. The van der Waals surface area contributed by atoms with Crippen LogP contribution in [0.5, 0.6) is 0 Å². The number of fused-ring (bicyclic) bond motifs is 1. The number of methoxy groups -OCH3 is 1. The molecule has 1 aliphatic heterocycles. The van der Waals surface area contributed by atoms with E-state index in [2.05, 4.69) is 10.1 Å². The summed E-state index contributed by atoms with van der Waals surface area (Å²) in [5.74, 6) is -1.32. The molecule has 1 aromatic rings. The zero-order valence-corrected chi connectivity index (χ0v) is 12.5. The van der Waals surface area contributed by atoms with Gasteiger partial charge in [-0.05, 0) is 19.1 Å². The van der Waals surface area contributed by atoms with Crippen LogP contribution in [0.1, 0.15) is 27.6 Å². The number of ether oxygens (including phenoxy) is 1. The lowest BCUT2D eigenvalue weighted by molar-refractivity contribution is -0.149. The minimum atomic E-state index is -1.27. The smallest absolute Gasteiger partial charge is 0.328 e. The third-order valence-corrected chi connectivity index (χ3v) is 3.68. The van der Waals surface area contributed by atoms with E-state index in [1.54, 1.807) is 24.3 Å². The van der Waals surface area contributed by atoms with E-state index in [1.165, 1.54) is 14.0 Å². The molecule has 2 N–H and O–H groups in total. The quantitative estimate of drug-likeness (QED) is 0.558. The maximum Gasteiger partial charge on any atom is 0.328 e. The molecule has 1 atom stereocenters. The number of rotatable bonds is 6. The van der Waals surface area contributed by atoms with Gasteiger partial charge >= 0.3 is 5.97 Å². The van der Waals surface area contributed by atoms with Gasteiger partial charge in [0.15, 0.2) is 0 Å². The van der Waals surface area contributed by atoms with Crippen LogP contribution >= 0.6 is 0 Å². The number of nitrogens with zero attached hydrogens (tertiary/aromatic N) is 1. The van der Waals surface area contributed by atoms with Crippen molar-refractivity contribution in [1.82, 2.24) is 10.2 Å². The normalized spacial score (nSPS) is 16.4. The fraction of sp³-hybridized carbons (Fsp3) is 0.400. The van der Waals surface area contributed by atoms with E-state index in [0.717, 1.165) is 4.90 Å². The molecular formula is C15H18N2O5. The number of amides is 2. The summed E-state index contributed by atoms with van der Waals surface area (Å²) in [5, 5.41) is 12.1. The maximum absolute atomic E-state index is 12.2. The molecule has 2 amide bonds. The highest BCUT2D eigenvalue weighted by Crippen LogP contribution is 2.21. The van der Waals surface area contributed by atoms with Crippen molar-refractivity contribution >= 4 is 17.8 Å². The summed E-state index contributed by atoms with van der Waals surface area (Å²) in [5.41, 5.74) is -0.510. The molecule has 2 rings (SSSR count). The number of aliphatic hydroxyl groups excluding tert-OH is 1. The fourth-order valence-corrected chi connectivity index (χ4v) is 2.30. The Balaban J connectivity index is 2.01. The summed E-state index contributed by atoms with van der Waals surface area (Å²) >= 11 is 0. The average molecular weight is 306 g/mol. The monoisotopic (exact) mass is 306 g/mol. The Morgan fingerprint density at radius 1 is 1.27 bits per heavy atom. The van der Waals surface area contributed by atoms with Gasteiger partial charge in [-0.3, -0.25) is 19.8 Å². The Morgan fingerprint density at radius 2 is 1.82 bits per heavy atom. The maximum atomic E-state index is 12.2. The van der Waals surface area contributed by atoms with Crippen LogP contribution in [0.25, 0.3) is 0 Å². The number of imide groups is 1. The highest BCUT2D eigenvalue weighted by atomic mass is 16.5. The zero-order valence-electron chi connectivity index (χ0n) is 12.5. The van der Waals surface area contributed by atoms with Crippen molar-refractivity contribution in [3.8, 4) is 0 Å². The Labute approximate surface area is 127 Å². The van der Waals surface area contributed by atoms with Crippen molar-refractivity contribution in [1.29, 1.82) is 0 Å². The second-order valence-corrected chi connectivity index (χ2v) is 5.22. The Bertz CT molecular complexity index is 581. The van der Waals surface area contributed by atoms with Gasteiger partial charge in [-0.15, -0.1) is 0 Å². The predicted octanol–water partition coefficient (Wildman–Crippen LogP) is -0.204. The van der Waals surface area contributed by atoms with E-state index in [-0.39, 0.29) is 24.9 Å². The molecule has 0 spiro atoms. The van der Waals surface area contributed by atoms with Crippen molar-refractivity contribution in [3.05, 3.63) is 35.4 Å². The third kappa shape index (κ3) is 2.72. The molecule has 7 heteroatoms. The second kappa shape index (κ2) is 6.25. The number of carbonyl (C=O) groups excluding carboxylic acids is 3. The summed E-state index contributed by atoms with van der Waals surface area (Å²) in [6.07, 6.45) is 0. The molecule has 0 fully saturated rings. The Hall–Kier alpha value is -2.25. The van der Waals surface area contributed by atoms with Gasteiger partial charge in [-0.2, -0.15) is 0 Å². The van der Waals surface area contributed by atoms with Gasteiger partial charge in [-0.1, -0.05) is 12.1 Å². The van der Waals surface area contributed by atoms with Crippen molar-refractivity contribution in [2.75, 3.05) is 26.8 Å². The summed E-state index contributed by atoms with van der Waals surface area (Å²) in [7, 11) is 1.22. The molecular weight excluding hydrogens is 288 g/mol. The molecule has 0 radical (unpaired) electrons. The standard InChI is InChI=1S/C15H18N2O5/c1-15(9-18,14(21)22-2)16-7-8-17-12(19)10-5-3-4-6-11(10)13(17)20/h3-6,16,18H,7-9H2,1-2H3. The number of carbonyl (C=O) groups is 3. The molecule has 0 saturated carbocycles. The second-order valence-electron chi connectivity index (χ2n) is 5.22. The molecule has 0 aromatic heterocycles. The van der Waals surface area contributed by atoms with Gasteiger partial charge < -0.3 is 9.84 Å². The van der Waals surface area contributed by atoms with Gasteiger partial charge in [0, 0.05) is 13.1 Å². The van der Waals surface area contributed by atoms with E-state index >= 15 is 0 Å². The van der Waals surface area contributed by atoms with Gasteiger partial charge in [0.05, 0.1) is 24.8 Å². The number of hydrogen-bond acceptors (Lipinski definition) is 6. The lowest BCUT2D eigenvalue weighted by atomic mass is 10.0. The minimum Gasteiger partial charge on any atom is -0.468 e. The molecule has 22 heavy (non-hydrogen) atoms. The molecule has 0 bridgehead atoms. The first-order valence-electron chi connectivity index (χ1n) is 6.84. The molecule has 0 saturated heterocycles. The molecule has 1 heterocycles. The van der Waals surface area contributed by atoms with Crippen LogP contribution < -0.4 is 5.32 Å². The van der Waals surface area contributed by atoms with E-state index < -0.39 is 18.1 Å². The van der Waals surface area contributed by atoms with E-state index in [4.69, 9.17) is 0 Å². The largest absolute Gasteiger partial charge is 0.468 e. The molecule has 0 aliphatic carbocycles. The topological polar surface area (TPSA) is 95.9 Å². The summed E-state index contributed by atoms with van der Waals surface area (Å²) in [6, 6.07) is 6.61. The summed E-state index contributed by atoms with van der Waals surface area (Å²) < 4.78 is 4.61. The lowest BCUT2D eigenvalue weighted by Crippen LogP contribution is -2.55. The van der Waals surface area contributed by atoms with Gasteiger partial charge in [0.2, 0.25) is 0 Å². The minimum absolute atomic E-state index is 0.0962. The number of aliphatic hydroxyl groups is 1. The molecule has 1 aromatic carbocycles. The SMILES string of the molecule is COC(=O)C(C)(CO)NCCN1C(=O)c2ccccc2C1=O. The lowest BCUT2D eigenvalue weighted by Gasteiger charge is -2.26. The van der Waals surface area contributed by atoms with E-state index in [0.29, 0.717) is 11.1 Å². The number of esters is 1. The molecule has 1 aliphatic rings. The number of hydrogen-bond donors (Lipinski definition) is 2. The highest BCUT2D eigenvalue weighted by molar-refractivity contribution is 6.21. The van der Waals surface area contributed by atoms with Crippen LogP contribution in [0.3, 0.4) is 0 Å². The van der Waals surface area contributed by atoms with Gasteiger partial charge in [-0.25, -0.2) is 4.79 Å². The van der Waals surface area contributed by atoms with Crippen molar-refractivity contribution in [2.45, 2.75) is 12.5 Å². The summed E-state index contributed by atoms with van der Waals surface area (Å²) in [4.78, 5) is 37.0. The van der Waals surface area contributed by atoms with E-state index in [1.807, 2.05) is 0 Å². The van der Waals surface area contributed by atoms with Crippen LogP contribution in [0.15, 0.2) is 24.3 Å². The third-order valence-electron chi connectivity index (χ3n) is 3.68. The summed E-state index contributed by atoms with van der Waals surface area (Å²) in [6.45, 7) is 1.29. The van der Waals surface area contributed by atoms with Crippen LogP contribution in [0, 0.1) is 0 Å². The number of benzene rings is 1. The first-order valence-corrected chi connectivity index (χ1v) is 6.84. The first-order chi connectivity index (χ1) is 10.4. The predicted molar refractivity (Wildman–Crippen MR) is 77.3 cm³/mol. The van der Waals surface area contributed by atoms with Crippen molar-refractivity contribution in [3.63, 3.8) is 0 Å². The molecule has 118 valence electrons. The average Bonchev–Trinajstić information content (AvgIpc) is 2.79. The fourth-order valence-electron chi connectivity index (χ4n) is 2.30. The van der Waals surface area contributed by atoms with Crippen molar-refractivity contribution in [2.24, 2.45) is 0 Å².